The molecular formula is C14H21N5S. The van der Waals surface area contributed by atoms with Crippen LogP contribution in [-0.2, 0) is 0 Å². The number of tetrazole rings is 1. The first kappa shape index (κ1) is 15.0. The molecule has 0 aliphatic rings. The average molecular weight is 291 g/mol. The lowest BCUT2D eigenvalue weighted by molar-refractivity contribution is 0.474. The highest BCUT2D eigenvalue weighted by Gasteiger charge is 2.12. The molecule has 5 nitrogen and oxygen atoms in total. The van der Waals surface area contributed by atoms with Gasteiger partial charge in [0.2, 0.25) is 0 Å². The maximum absolute atomic E-state index is 3.93. The van der Waals surface area contributed by atoms with Gasteiger partial charge in [-0.3, -0.25) is 0 Å². The summed E-state index contributed by atoms with van der Waals surface area (Å²) in [7, 11) is 0. The zero-order valence-electron chi connectivity index (χ0n) is 12.2. The predicted molar refractivity (Wildman–Crippen MR) is 83.2 cm³/mol. The number of benzene rings is 1. The molecule has 108 valence electrons. The zero-order chi connectivity index (χ0) is 14.4. The van der Waals surface area contributed by atoms with Gasteiger partial charge in [-0.15, -0.1) is 5.10 Å². The summed E-state index contributed by atoms with van der Waals surface area (Å²) in [6.07, 6.45) is 4.89. The molecule has 1 aromatic carbocycles. The van der Waals surface area contributed by atoms with Crippen LogP contribution < -0.4 is 5.32 Å². The number of nitrogens with one attached hydrogen (secondary N) is 1. The van der Waals surface area contributed by atoms with E-state index >= 15 is 0 Å². The summed E-state index contributed by atoms with van der Waals surface area (Å²) in [5, 5.41) is 14.9. The highest BCUT2D eigenvalue weighted by atomic mass is 32.2. The van der Waals surface area contributed by atoms with Gasteiger partial charge in [0, 0.05) is 17.8 Å². The van der Waals surface area contributed by atoms with E-state index in [-0.39, 0.29) is 0 Å². The largest absolute Gasteiger partial charge is 0.307 e. The molecule has 0 saturated carbocycles. The van der Waals surface area contributed by atoms with Crippen molar-refractivity contribution in [2.24, 2.45) is 0 Å². The molecule has 2 aromatic rings. The minimum Gasteiger partial charge on any atom is -0.307 e. The fourth-order valence-electron chi connectivity index (χ4n) is 2.15. The molecule has 0 saturated heterocycles. The van der Waals surface area contributed by atoms with E-state index in [1.54, 1.807) is 11.0 Å². The quantitative estimate of drug-likeness (QED) is 0.849. The van der Waals surface area contributed by atoms with Crippen LogP contribution in [-0.4, -0.2) is 38.3 Å². The smallest absolute Gasteiger partial charge is 0.143 e. The summed E-state index contributed by atoms with van der Waals surface area (Å²) >= 11 is 1.88. The van der Waals surface area contributed by atoms with E-state index in [4.69, 9.17) is 0 Å². The molecule has 0 bridgehead atoms. The summed E-state index contributed by atoms with van der Waals surface area (Å²) in [4.78, 5) is 0. The van der Waals surface area contributed by atoms with Crippen LogP contribution in [0, 0.1) is 0 Å². The van der Waals surface area contributed by atoms with Gasteiger partial charge in [-0.1, -0.05) is 19.1 Å². The van der Waals surface area contributed by atoms with Crippen molar-refractivity contribution in [2.75, 3.05) is 12.0 Å². The van der Waals surface area contributed by atoms with E-state index in [0.717, 1.165) is 17.9 Å². The first-order valence-electron chi connectivity index (χ1n) is 6.83. The third-order valence-corrected chi connectivity index (χ3v) is 4.07. The van der Waals surface area contributed by atoms with Gasteiger partial charge < -0.3 is 5.32 Å². The van der Waals surface area contributed by atoms with Gasteiger partial charge in [-0.2, -0.15) is 11.8 Å². The molecule has 6 heteroatoms. The van der Waals surface area contributed by atoms with Crippen molar-refractivity contribution < 1.29 is 0 Å². The first-order chi connectivity index (χ1) is 9.74. The lowest BCUT2D eigenvalue weighted by Crippen LogP contribution is -2.33. The van der Waals surface area contributed by atoms with E-state index in [9.17, 15) is 0 Å². The Hall–Kier alpha value is -1.40. The molecule has 0 aliphatic carbocycles. The lowest BCUT2D eigenvalue weighted by Gasteiger charge is -2.22. The lowest BCUT2D eigenvalue weighted by atomic mass is 10.1. The van der Waals surface area contributed by atoms with Crippen LogP contribution in [0.1, 0.15) is 31.9 Å². The van der Waals surface area contributed by atoms with Crippen molar-refractivity contribution in [3.8, 4) is 5.69 Å². The van der Waals surface area contributed by atoms with Crippen LogP contribution in [0.25, 0.3) is 5.69 Å². The fraction of sp³-hybridized carbons (Fsp3) is 0.500. The third kappa shape index (κ3) is 3.80. The van der Waals surface area contributed by atoms with E-state index in [1.807, 2.05) is 23.9 Å². The molecule has 0 fully saturated rings. The van der Waals surface area contributed by atoms with Gasteiger partial charge in [0.05, 0.1) is 5.69 Å². The van der Waals surface area contributed by atoms with Crippen LogP contribution in [0.4, 0.5) is 0 Å². The topological polar surface area (TPSA) is 55.6 Å². The van der Waals surface area contributed by atoms with Gasteiger partial charge in [0.1, 0.15) is 6.33 Å². The van der Waals surface area contributed by atoms with Crippen LogP contribution in [0.5, 0.6) is 0 Å². The summed E-state index contributed by atoms with van der Waals surface area (Å²) < 4.78 is 1.68. The number of hydrogen-bond acceptors (Lipinski definition) is 5. The Kier molecular flexibility index (Phi) is 5.55. The van der Waals surface area contributed by atoms with Crippen molar-refractivity contribution in [1.29, 1.82) is 0 Å². The number of thioether (sulfide) groups is 1. The van der Waals surface area contributed by atoms with Crippen LogP contribution >= 0.6 is 11.8 Å². The Morgan fingerprint density at radius 2 is 2.25 bits per heavy atom. The average Bonchev–Trinajstić information content (AvgIpc) is 3.01. The standard InChI is InChI=1S/C14H21N5S/c1-4-13(9-20-3)16-11(2)12-6-5-7-14(8-12)19-10-15-17-18-19/h5-8,10-11,13,16H,4,9H2,1-3H3. The Morgan fingerprint density at radius 3 is 2.90 bits per heavy atom. The summed E-state index contributed by atoms with van der Waals surface area (Å²) in [6, 6.07) is 9.16. The second-order valence-corrected chi connectivity index (χ2v) is 5.71. The summed E-state index contributed by atoms with van der Waals surface area (Å²) in [6.45, 7) is 4.42. The molecule has 2 rings (SSSR count). The molecule has 1 heterocycles. The van der Waals surface area contributed by atoms with Crippen molar-refractivity contribution in [2.45, 2.75) is 32.4 Å². The monoisotopic (exact) mass is 291 g/mol. The van der Waals surface area contributed by atoms with Gasteiger partial charge >= 0.3 is 0 Å². The molecule has 1 N–H and O–H groups in total. The number of rotatable bonds is 7. The van der Waals surface area contributed by atoms with Gasteiger partial charge in [-0.25, -0.2) is 4.68 Å². The molecule has 0 spiro atoms. The second kappa shape index (κ2) is 7.40. The maximum Gasteiger partial charge on any atom is 0.143 e. The molecule has 1 aromatic heterocycles. The minimum absolute atomic E-state index is 0.309. The van der Waals surface area contributed by atoms with Crippen molar-refractivity contribution in [1.82, 2.24) is 25.5 Å². The molecule has 0 aliphatic heterocycles. The van der Waals surface area contributed by atoms with Crippen LogP contribution in [0.2, 0.25) is 0 Å². The number of nitrogens with zero attached hydrogens (tertiary/aromatic N) is 4. The van der Waals surface area contributed by atoms with E-state index in [0.29, 0.717) is 12.1 Å². The molecule has 2 atom stereocenters. The number of aromatic nitrogens is 4. The van der Waals surface area contributed by atoms with Gasteiger partial charge in [0.25, 0.3) is 0 Å². The second-order valence-electron chi connectivity index (χ2n) is 4.80. The van der Waals surface area contributed by atoms with Crippen LogP contribution in [0.3, 0.4) is 0 Å². The first-order valence-corrected chi connectivity index (χ1v) is 8.22. The van der Waals surface area contributed by atoms with Gasteiger partial charge in [-0.05, 0) is 47.7 Å². The summed E-state index contributed by atoms with van der Waals surface area (Å²) in [5.41, 5.74) is 2.23. The Morgan fingerprint density at radius 1 is 1.40 bits per heavy atom. The van der Waals surface area contributed by atoms with Crippen molar-refractivity contribution >= 4 is 11.8 Å². The molecule has 2 unspecified atom stereocenters. The normalized spacial score (nSPS) is 14.2. The minimum atomic E-state index is 0.309. The Bertz CT molecular complexity index is 514. The predicted octanol–water partition coefficient (Wildman–Crippen LogP) is 2.45. The third-order valence-electron chi connectivity index (χ3n) is 3.33. The van der Waals surface area contributed by atoms with E-state index in [1.165, 1.54) is 5.56 Å². The van der Waals surface area contributed by atoms with Crippen molar-refractivity contribution in [3.63, 3.8) is 0 Å². The highest BCUT2D eigenvalue weighted by molar-refractivity contribution is 7.98. The molecule has 0 amide bonds. The Balaban J connectivity index is 2.10. The molecular weight excluding hydrogens is 270 g/mol. The highest BCUT2D eigenvalue weighted by Crippen LogP contribution is 2.17. The van der Waals surface area contributed by atoms with E-state index < -0.39 is 0 Å². The zero-order valence-corrected chi connectivity index (χ0v) is 13.0. The Labute approximate surface area is 124 Å². The van der Waals surface area contributed by atoms with Gasteiger partial charge in [0.15, 0.2) is 0 Å². The fourth-order valence-corrected chi connectivity index (χ4v) is 2.89. The summed E-state index contributed by atoms with van der Waals surface area (Å²) in [5.74, 6) is 1.13. The van der Waals surface area contributed by atoms with E-state index in [2.05, 4.69) is 53.1 Å². The molecule has 0 radical (unpaired) electrons. The van der Waals surface area contributed by atoms with Crippen molar-refractivity contribution in [3.05, 3.63) is 36.2 Å². The van der Waals surface area contributed by atoms with Crippen LogP contribution in [0.15, 0.2) is 30.6 Å². The SMILES string of the molecule is CCC(CSC)NC(C)c1cccc(-n2cnnn2)c1. The molecule has 20 heavy (non-hydrogen) atoms. The maximum atomic E-state index is 3.93. The number of hydrogen-bond donors (Lipinski definition) is 1.